The summed E-state index contributed by atoms with van der Waals surface area (Å²) < 4.78 is 12.6. The fourth-order valence-corrected chi connectivity index (χ4v) is 5.70. The third kappa shape index (κ3) is 14.3. The molecule has 2 rings (SSSR count). The zero-order chi connectivity index (χ0) is 31.9. The summed E-state index contributed by atoms with van der Waals surface area (Å²) in [5.41, 5.74) is 1.61. The van der Waals surface area contributed by atoms with E-state index in [2.05, 4.69) is 33.0 Å². The normalized spacial score (nSPS) is 11.4. The number of para-hydroxylation sites is 1. The summed E-state index contributed by atoms with van der Waals surface area (Å²) in [7, 11) is 0. The molecule has 0 bridgehead atoms. The van der Waals surface area contributed by atoms with Gasteiger partial charge in [0.05, 0.1) is 37.4 Å². The van der Waals surface area contributed by atoms with Gasteiger partial charge < -0.3 is 19.3 Å². The van der Waals surface area contributed by atoms with Gasteiger partial charge in [-0.3, -0.25) is 4.79 Å². The van der Waals surface area contributed by atoms with Crippen LogP contribution < -0.4 is 10.1 Å². The van der Waals surface area contributed by atoms with Crippen LogP contribution in [0.4, 0.5) is 5.69 Å². The lowest BCUT2D eigenvalue weighted by molar-refractivity contribution is -0.925. The van der Waals surface area contributed by atoms with Crippen LogP contribution in [0.15, 0.2) is 48.5 Å². The molecule has 0 aliphatic carbocycles. The number of esters is 1. The highest BCUT2D eigenvalue weighted by atomic mass is 16.5. The van der Waals surface area contributed by atoms with Crippen LogP contribution in [0.3, 0.4) is 0 Å². The van der Waals surface area contributed by atoms with E-state index in [-0.39, 0.29) is 11.9 Å². The topological polar surface area (TPSA) is 64.6 Å². The lowest BCUT2D eigenvalue weighted by Crippen LogP contribution is -2.50. The monoisotopic (exact) mass is 609 g/mol. The predicted molar refractivity (Wildman–Crippen MR) is 184 cm³/mol. The molecule has 0 aliphatic heterocycles. The molecule has 1 amide bonds. The molecule has 0 saturated carbocycles. The molecule has 0 unspecified atom stereocenters. The summed E-state index contributed by atoms with van der Waals surface area (Å²) >= 11 is 0. The van der Waals surface area contributed by atoms with Gasteiger partial charge in [0.25, 0.3) is 5.91 Å². The number of ether oxygens (including phenoxy) is 2. The minimum Gasteiger partial charge on any atom is -0.493 e. The molecule has 0 heterocycles. The second kappa shape index (κ2) is 22.6. The van der Waals surface area contributed by atoms with Gasteiger partial charge in [-0.15, -0.1) is 0 Å². The summed E-state index contributed by atoms with van der Waals surface area (Å²) in [6.07, 6.45) is 17.7. The Bertz CT molecular complexity index is 1050. The van der Waals surface area contributed by atoms with Crippen molar-refractivity contribution in [3.05, 3.63) is 59.7 Å². The largest absolute Gasteiger partial charge is 0.493 e. The molecule has 0 saturated heterocycles. The Hall–Kier alpha value is -2.86. The standard InChI is InChI=1S/C38H60N2O4/c1-5-9-11-13-15-16-17-21-29-40(7-3,8-4)30-32-44-38(42)33-25-27-34(28-26-33)39-37(41)35-23-19-20-24-36(35)43-31-22-18-14-12-10-6-2/h19-20,23-28H,5-18,21-22,29-32H2,1-4H3/p+1. The zero-order valence-corrected chi connectivity index (χ0v) is 28.3. The second-order valence-electron chi connectivity index (χ2n) is 12.2. The van der Waals surface area contributed by atoms with Crippen LogP contribution in [-0.4, -0.2) is 55.8 Å². The van der Waals surface area contributed by atoms with E-state index in [0.717, 1.165) is 43.5 Å². The van der Waals surface area contributed by atoms with E-state index in [1.807, 2.05) is 18.2 Å². The second-order valence-corrected chi connectivity index (χ2v) is 12.2. The van der Waals surface area contributed by atoms with Gasteiger partial charge in [-0.05, 0) is 69.5 Å². The molecular formula is C38H61N2O4+. The number of nitrogens with one attached hydrogen (secondary N) is 1. The van der Waals surface area contributed by atoms with E-state index in [4.69, 9.17) is 9.47 Å². The Morgan fingerprint density at radius 1 is 0.636 bits per heavy atom. The van der Waals surface area contributed by atoms with Crippen molar-refractivity contribution in [3.63, 3.8) is 0 Å². The predicted octanol–water partition coefficient (Wildman–Crippen LogP) is 9.83. The summed E-state index contributed by atoms with van der Waals surface area (Å²) in [5, 5.41) is 2.94. The number of benzene rings is 2. The lowest BCUT2D eigenvalue weighted by atomic mass is 10.1. The quantitative estimate of drug-likeness (QED) is 0.0691. The first-order valence-corrected chi connectivity index (χ1v) is 17.6. The summed E-state index contributed by atoms with van der Waals surface area (Å²) in [4.78, 5) is 25.8. The van der Waals surface area contributed by atoms with Crippen LogP contribution in [-0.2, 0) is 4.74 Å². The average Bonchev–Trinajstić information content (AvgIpc) is 3.05. The molecule has 2 aromatic carbocycles. The van der Waals surface area contributed by atoms with E-state index in [9.17, 15) is 9.59 Å². The minimum absolute atomic E-state index is 0.233. The highest BCUT2D eigenvalue weighted by molar-refractivity contribution is 6.06. The maximum absolute atomic E-state index is 13.0. The maximum atomic E-state index is 13.0. The van der Waals surface area contributed by atoms with Crippen molar-refractivity contribution in [1.82, 2.24) is 0 Å². The van der Waals surface area contributed by atoms with Crippen LogP contribution in [0.1, 0.15) is 138 Å². The van der Waals surface area contributed by atoms with Crippen molar-refractivity contribution in [2.24, 2.45) is 0 Å². The number of unbranched alkanes of at least 4 members (excludes halogenated alkanes) is 12. The number of anilines is 1. The van der Waals surface area contributed by atoms with Crippen LogP contribution >= 0.6 is 0 Å². The number of quaternary nitrogens is 1. The van der Waals surface area contributed by atoms with Gasteiger partial charge in [0.15, 0.2) is 0 Å². The van der Waals surface area contributed by atoms with Crippen molar-refractivity contribution in [2.45, 2.75) is 118 Å². The van der Waals surface area contributed by atoms with E-state index in [1.165, 1.54) is 77.0 Å². The number of nitrogens with zero attached hydrogens (tertiary/aromatic N) is 1. The van der Waals surface area contributed by atoms with E-state index in [1.54, 1.807) is 30.3 Å². The maximum Gasteiger partial charge on any atom is 0.338 e. The molecule has 1 N–H and O–H groups in total. The zero-order valence-electron chi connectivity index (χ0n) is 28.3. The van der Waals surface area contributed by atoms with Crippen molar-refractivity contribution in [3.8, 4) is 5.75 Å². The van der Waals surface area contributed by atoms with E-state index < -0.39 is 0 Å². The third-order valence-corrected chi connectivity index (χ3v) is 8.89. The third-order valence-electron chi connectivity index (χ3n) is 8.89. The fourth-order valence-electron chi connectivity index (χ4n) is 5.70. The smallest absolute Gasteiger partial charge is 0.338 e. The molecule has 0 aliphatic rings. The van der Waals surface area contributed by atoms with Gasteiger partial charge in [0.2, 0.25) is 0 Å². The molecule has 0 spiro atoms. The first kappa shape index (κ1) is 37.3. The van der Waals surface area contributed by atoms with Crippen molar-refractivity contribution >= 4 is 17.6 Å². The van der Waals surface area contributed by atoms with Crippen LogP contribution in [0.2, 0.25) is 0 Å². The molecule has 6 nitrogen and oxygen atoms in total. The molecule has 0 atom stereocenters. The summed E-state index contributed by atoms with van der Waals surface area (Å²) in [6, 6.07) is 14.2. The molecule has 246 valence electrons. The Balaban J connectivity index is 1.78. The highest BCUT2D eigenvalue weighted by Gasteiger charge is 2.23. The van der Waals surface area contributed by atoms with Crippen LogP contribution in [0, 0.1) is 0 Å². The van der Waals surface area contributed by atoms with Crippen molar-refractivity contribution < 1.29 is 23.5 Å². The Morgan fingerprint density at radius 3 is 1.82 bits per heavy atom. The molecule has 0 aromatic heterocycles. The van der Waals surface area contributed by atoms with Gasteiger partial charge in [0.1, 0.15) is 18.9 Å². The Kier molecular flexibility index (Phi) is 19.2. The van der Waals surface area contributed by atoms with Crippen LogP contribution in [0.25, 0.3) is 0 Å². The van der Waals surface area contributed by atoms with Gasteiger partial charge >= 0.3 is 5.97 Å². The van der Waals surface area contributed by atoms with E-state index in [0.29, 0.717) is 35.8 Å². The Morgan fingerprint density at radius 2 is 1.20 bits per heavy atom. The molecule has 2 aromatic rings. The summed E-state index contributed by atoms with van der Waals surface area (Å²) in [6.45, 7) is 14.0. The SMILES string of the molecule is CCCCCCCCCC[N+](CC)(CC)CCOC(=O)c1ccc(NC(=O)c2ccccc2OCCCCCCCC)cc1. The number of hydrogen-bond donors (Lipinski definition) is 1. The van der Waals surface area contributed by atoms with Crippen molar-refractivity contribution in [1.29, 1.82) is 0 Å². The first-order chi connectivity index (χ1) is 21.5. The fraction of sp³-hybridized carbons (Fsp3) is 0.632. The number of hydrogen-bond acceptors (Lipinski definition) is 4. The van der Waals surface area contributed by atoms with Crippen molar-refractivity contribution in [2.75, 3.05) is 44.7 Å². The number of likely N-dealkylation sites (N-methyl/N-ethyl adjacent to an activating group) is 1. The summed E-state index contributed by atoms with van der Waals surface area (Å²) in [5.74, 6) is 0.0344. The molecular weight excluding hydrogens is 548 g/mol. The molecule has 0 fully saturated rings. The van der Waals surface area contributed by atoms with E-state index >= 15 is 0 Å². The lowest BCUT2D eigenvalue weighted by Gasteiger charge is -2.36. The Labute approximate surface area is 268 Å². The number of amides is 1. The van der Waals surface area contributed by atoms with Gasteiger partial charge in [-0.2, -0.15) is 0 Å². The van der Waals surface area contributed by atoms with Crippen LogP contribution in [0.5, 0.6) is 5.75 Å². The molecule has 0 radical (unpaired) electrons. The molecule has 6 heteroatoms. The number of rotatable bonds is 25. The number of carbonyl (C=O) groups excluding carboxylic acids is 2. The van der Waals surface area contributed by atoms with Gasteiger partial charge in [-0.25, -0.2) is 4.79 Å². The minimum atomic E-state index is -0.325. The average molecular weight is 610 g/mol. The first-order valence-electron chi connectivity index (χ1n) is 17.6. The molecule has 44 heavy (non-hydrogen) atoms. The number of carbonyl (C=O) groups is 2. The van der Waals surface area contributed by atoms with Gasteiger partial charge in [0, 0.05) is 5.69 Å². The van der Waals surface area contributed by atoms with Gasteiger partial charge in [-0.1, -0.05) is 96.6 Å². The highest BCUT2D eigenvalue weighted by Crippen LogP contribution is 2.21.